The lowest BCUT2D eigenvalue weighted by molar-refractivity contribution is 0.0744. The van der Waals surface area contributed by atoms with Crippen LogP contribution in [0, 0.1) is 0 Å². The van der Waals surface area contributed by atoms with Gasteiger partial charge in [0.2, 0.25) is 5.88 Å². The van der Waals surface area contributed by atoms with Crippen molar-refractivity contribution >= 4 is 5.91 Å². The van der Waals surface area contributed by atoms with Gasteiger partial charge in [-0.05, 0) is 25.0 Å². The molecule has 7 heteroatoms. The molecular formula is C21H23N5O2. The van der Waals surface area contributed by atoms with Crippen LogP contribution in [0.1, 0.15) is 29.8 Å². The molecule has 7 nitrogen and oxygen atoms in total. The van der Waals surface area contributed by atoms with E-state index in [1.54, 1.807) is 24.1 Å². The molecule has 1 fully saturated rings. The van der Waals surface area contributed by atoms with Crippen molar-refractivity contribution in [3.8, 4) is 22.8 Å². The van der Waals surface area contributed by atoms with Gasteiger partial charge < -0.3 is 4.74 Å². The van der Waals surface area contributed by atoms with E-state index in [4.69, 9.17) is 4.74 Å². The third-order valence-electron chi connectivity index (χ3n) is 4.80. The van der Waals surface area contributed by atoms with Gasteiger partial charge in [-0.3, -0.25) is 10.2 Å². The molecule has 0 atom stereocenters. The molecular weight excluding hydrogens is 354 g/mol. The van der Waals surface area contributed by atoms with E-state index in [1.165, 1.54) is 6.42 Å². The van der Waals surface area contributed by atoms with Gasteiger partial charge in [0, 0.05) is 24.7 Å². The summed E-state index contributed by atoms with van der Waals surface area (Å²) in [5, 5.41) is 6.55. The normalized spacial score (nSPS) is 14.6. The summed E-state index contributed by atoms with van der Waals surface area (Å²) in [5.74, 6) is 0.333. The molecule has 1 saturated heterocycles. The molecule has 0 unspecified atom stereocenters. The second-order valence-corrected chi connectivity index (χ2v) is 6.74. The van der Waals surface area contributed by atoms with Crippen molar-refractivity contribution in [1.82, 2.24) is 25.2 Å². The van der Waals surface area contributed by atoms with E-state index >= 15 is 0 Å². The van der Waals surface area contributed by atoms with Gasteiger partial charge in [-0.1, -0.05) is 36.8 Å². The maximum atomic E-state index is 12.8. The van der Waals surface area contributed by atoms with Crippen LogP contribution < -0.4 is 10.2 Å². The van der Waals surface area contributed by atoms with Gasteiger partial charge in [-0.15, -0.1) is 0 Å². The summed E-state index contributed by atoms with van der Waals surface area (Å²) in [6.45, 7) is 1.75. The first kappa shape index (κ1) is 18.2. The minimum atomic E-state index is -0.195. The maximum Gasteiger partial charge on any atom is 0.286 e. The van der Waals surface area contributed by atoms with E-state index in [0.29, 0.717) is 11.6 Å². The van der Waals surface area contributed by atoms with Gasteiger partial charge in [0.15, 0.2) is 5.69 Å². The minimum Gasteiger partial charge on any atom is -0.481 e. The third kappa shape index (κ3) is 3.89. The zero-order valence-corrected chi connectivity index (χ0v) is 15.8. The molecule has 3 aromatic rings. The number of amides is 1. The van der Waals surface area contributed by atoms with Crippen molar-refractivity contribution < 1.29 is 9.53 Å². The topological polar surface area (TPSA) is 72.3 Å². The summed E-state index contributed by atoms with van der Waals surface area (Å²) in [6, 6.07) is 15.4. The Kier molecular flexibility index (Phi) is 5.34. The number of hydrogen-bond acceptors (Lipinski definition) is 5. The van der Waals surface area contributed by atoms with E-state index < -0.39 is 0 Å². The molecule has 0 bridgehead atoms. The van der Waals surface area contributed by atoms with Crippen LogP contribution in [0.25, 0.3) is 16.9 Å². The predicted molar refractivity (Wildman–Crippen MR) is 106 cm³/mol. The number of nitrogens with one attached hydrogen (secondary N) is 1. The number of hydrazine groups is 1. The largest absolute Gasteiger partial charge is 0.481 e. The zero-order valence-electron chi connectivity index (χ0n) is 15.8. The fourth-order valence-corrected chi connectivity index (χ4v) is 3.33. The number of carbonyl (C=O) groups is 1. The number of rotatable bonds is 5. The van der Waals surface area contributed by atoms with E-state index in [9.17, 15) is 4.79 Å². The van der Waals surface area contributed by atoms with Crippen molar-refractivity contribution in [2.75, 3.05) is 20.2 Å². The fourth-order valence-electron chi connectivity index (χ4n) is 3.33. The lowest BCUT2D eigenvalue weighted by Gasteiger charge is -2.26. The van der Waals surface area contributed by atoms with Crippen LogP contribution in [-0.4, -0.2) is 45.9 Å². The van der Waals surface area contributed by atoms with Crippen LogP contribution in [0.15, 0.2) is 54.7 Å². The Morgan fingerprint density at radius 2 is 1.86 bits per heavy atom. The summed E-state index contributed by atoms with van der Waals surface area (Å²) in [7, 11) is 1.58. The molecule has 1 aliphatic rings. The second kappa shape index (κ2) is 8.22. The average Bonchev–Trinajstić information content (AvgIpc) is 3.21. The molecule has 1 amide bonds. The van der Waals surface area contributed by atoms with E-state index in [-0.39, 0.29) is 5.91 Å². The van der Waals surface area contributed by atoms with Gasteiger partial charge in [0.1, 0.15) is 0 Å². The van der Waals surface area contributed by atoms with Gasteiger partial charge >= 0.3 is 0 Å². The zero-order chi connectivity index (χ0) is 19.3. The molecule has 4 rings (SSSR count). The molecule has 3 heterocycles. The van der Waals surface area contributed by atoms with Crippen molar-refractivity contribution in [1.29, 1.82) is 0 Å². The number of aromatic nitrogens is 3. The SMILES string of the molecule is COc1ccc(-n2nc(C(=O)NN3CCCCC3)cc2-c2ccccc2)cn1. The lowest BCUT2D eigenvalue weighted by atomic mass is 10.1. The first-order chi connectivity index (χ1) is 13.7. The molecule has 0 saturated carbocycles. The van der Waals surface area contributed by atoms with Crippen LogP contribution in [0.3, 0.4) is 0 Å². The molecule has 0 radical (unpaired) electrons. The number of methoxy groups -OCH3 is 1. The Morgan fingerprint density at radius 1 is 1.07 bits per heavy atom. The second-order valence-electron chi connectivity index (χ2n) is 6.74. The van der Waals surface area contributed by atoms with Gasteiger partial charge in [-0.2, -0.15) is 5.10 Å². The Bertz CT molecular complexity index is 931. The number of hydrogen-bond donors (Lipinski definition) is 1. The van der Waals surface area contributed by atoms with Crippen LogP contribution in [-0.2, 0) is 0 Å². The highest BCUT2D eigenvalue weighted by molar-refractivity contribution is 5.93. The standard InChI is InChI=1S/C21H23N5O2/c1-28-20-11-10-17(15-22-20)26-19(16-8-4-2-5-9-16)14-18(23-26)21(27)24-25-12-6-3-7-13-25/h2,4-5,8-11,14-15H,3,6-7,12-13H2,1H3,(H,24,27). The Labute approximate surface area is 163 Å². The highest BCUT2D eigenvalue weighted by atomic mass is 16.5. The minimum absolute atomic E-state index is 0.195. The molecule has 0 aliphatic carbocycles. The van der Waals surface area contributed by atoms with Crippen molar-refractivity contribution in [2.24, 2.45) is 0 Å². The van der Waals surface area contributed by atoms with E-state index in [2.05, 4.69) is 15.5 Å². The average molecular weight is 377 g/mol. The smallest absolute Gasteiger partial charge is 0.286 e. The lowest BCUT2D eigenvalue weighted by Crippen LogP contribution is -2.45. The summed E-state index contributed by atoms with van der Waals surface area (Å²) >= 11 is 0. The fraction of sp³-hybridized carbons (Fsp3) is 0.286. The molecule has 1 aromatic carbocycles. The van der Waals surface area contributed by atoms with Crippen LogP contribution in [0.5, 0.6) is 5.88 Å². The highest BCUT2D eigenvalue weighted by Crippen LogP contribution is 2.24. The summed E-state index contributed by atoms with van der Waals surface area (Å²) < 4.78 is 6.88. The van der Waals surface area contributed by atoms with Gasteiger partial charge in [-0.25, -0.2) is 14.7 Å². The molecule has 28 heavy (non-hydrogen) atoms. The van der Waals surface area contributed by atoms with Gasteiger partial charge in [0.25, 0.3) is 5.91 Å². The summed E-state index contributed by atoms with van der Waals surface area (Å²) in [4.78, 5) is 17.0. The van der Waals surface area contributed by atoms with Crippen molar-refractivity contribution in [2.45, 2.75) is 19.3 Å². The first-order valence-electron chi connectivity index (χ1n) is 9.46. The van der Waals surface area contributed by atoms with E-state index in [1.807, 2.05) is 47.5 Å². The highest BCUT2D eigenvalue weighted by Gasteiger charge is 2.20. The van der Waals surface area contributed by atoms with Gasteiger partial charge in [0.05, 0.1) is 24.7 Å². The molecule has 2 aromatic heterocycles. The number of carbonyl (C=O) groups excluding carboxylic acids is 1. The summed E-state index contributed by atoms with van der Waals surface area (Å²) in [6.07, 6.45) is 5.09. The number of benzene rings is 1. The van der Waals surface area contributed by atoms with E-state index in [0.717, 1.165) is 42.9 Å². The molecule has 144 valence electrons. The Hall–Kier alpha value is -3.19. The molecule has 0 spiro atoms. The third-order valence-corrected chi connectivity index (χ3v) is 4.80. The Balaban J connectivity index is 1.68. The van der Waals surface area contributed by atoms with Crippen LogP contribution >= 0.6 is 0 Å². The first-order valence-corrected chi connectivity index (χ1v) is 9.46. The number of ether oxygens (including phenoxy) is 1. The number of piperidine rings is 1. The van der Waals surface area contributed by atoms with Crippen molar-refractivity contribution in [3.05, 3.63) is 60.4 Å². The summed E-state index contributed by atoms with van der Waals surface area (Å²) in [5.41, 5.74) is 5.92. The number of nitrogens with zero attached hydrogens (tertiary/aromatic N) is 4. The van der Waals surface area contributed by atoms with Crippen molar-refractivity contribution in [3.63, 3.8) is 0 Å². The quantitative estimate of drug-likeness (QED) is 0.740. The number of pyridine rings is 1. The molecule has 1 aliphatic heterocycles. The Morgan fingerprint density at radius 3 is 2.54 bits per heavy atom. The maximum absolute atomic E-state index is 12.8. The monoisotopic (exact) mass is 377 g/mol. The predicted octanol–water partition coefficient (Wildman–Crippen LogP) is 3.07. The van der Waals surface area contributed by atoms with Crippen LogP contribution in [0.2, 0.25) is 0 Å². The molecule has 1 N–H and O–H groups in total. The van der Waals surface area contributed by atoms with Crippen LogP contribution in [0.4, 0.5) is 0 Å².